The second kappa shape index (κ2) is 5.97. The molecule has 1 aliphatic rings. The number of hydrogen-bond donors (Lipinski definition) is 0. The van der Waals surface area contributed by atoms with E-state index in [0.29, 0.717) is 24.1 Å². The number of rotatable bonds is 4. The molecule has 2 aromatic rings. The number of nitro benzene ring substituents is 1. The third-order valence-electron chi connectivity index (χ3n) is 4.06. The summed E-state index contributed by atoms with van der Waals surface area (Å²) in [5.41, 5.74) is 2.71. The van der Waals surface area contributed by atoms with E-state index in [-0.39, 0.29) is 16.5 Å². The summed E-state index contributed by atoms with van der Waals surface area (Å²) in [5, 5.41) is 12.8. The summed E-state index contributed by atoms with van der Waals surface area (Å²) in [6.07, 6.45) is 2.86. The van der Waals surface area contributed by atoms with Gasteiger partial charge in [0.1, 0.15) is 0 Å². The predicted molar refractivity (Wildman–Crippen MR) is 87.0 cm³/mol. The fraction of sp³-hybridized carbons (Fsp3) is 0.267. The molecule has 0 aliphatic heterocycles. The first-order valence-electron chi connectivity index (χ1n) is 6.93. The van der Waals surface area contributed by atoms with Crippen LogP contribution in [0, 0.1) is 10.1 Å². The Labute approximate surface area is 132 Å². The van der Waals surface area contributed by atoms with Crippen LogP contribution in [0.15, 0.2) is 29.3 Å². The Morgan fingerprint density at radius 2 is 2.23 bits per heavy atom. The molecule has 110 valence electrons. The van der Waals surface area contributed by atoms with Crippen molar-refractivity contribution in [2.45, 2.75) is 18.8 Å². The fourth-order valence-electron chi connectivity index (χ4n) is 3.14. The second-order valence-corrected chi connectivity index (χ2v) is 5.57. The van der Waals surface area contributed by atoms with Crippen molar-refractivity contribution < 1.29 is 9.63 Å². The Kier molecular flexibility index (Phi) is 4.03. The van der Waals surface area contributed by atoms with E-state index >= 15 is 0 Å². The van der Waals surface area contributed by atoms with Gasteiger partial charge < -0.3 is 0 Å². The zero-order chi connectivity index (χ0) is 15.7. The summed E-state index contributed by atoms with van der Waals surface area (Å²) >= 11 is 6.04. The molecule has 0 saturated heterocycles. The molecule has 0 bridgehead atoms. The van der Waals surface area contributed by atoms with Gasteiger partial charge in [-0.3, -0.25) is 0 Å². The van der Waals surface area contributed by atoms with E-state index in [0.717, 1.165) is 35.5 Å². The van der Waals surface area contributed by atoms with Crippen LogP contribution in [0.2, 0.25) is 0 Å². The molecule has 0 heterocycles. The van der Waals surface area contributed by atoms with E-state index in [1.807, 2.05) is 6.07 Å². The Morgan fingerprint density at radius 3 is 2.91 bits per heavy atom. The summed E-state index contributed by atoms with van der Waals surface area (Å²) in [5.74, 6) is 0.731. The number of nitrogens with zero attached hydrogens (tertiary/aromatic N) is 2. The van der Waals surface area contributed by atoms with Gasteiger partial charge in [0.05, 0.1) is 0 Å². The zero-order valence-electron chi connectivity index (χ0n) is 11.7. The molecule has 5 nitrogen and oxygen atoms in total. The molecule has 7 heteroatoms. The molecule has 2 aromatic carbocycles. The van der Waals surface area contributed by atoms with Gasteiger partial charge in [0.2, 0.25) is 0 Å². The van der Waals surface area contributed by atoms with Crippen molar-refractivity contribution in [3.8, 4) is 0 Å². The first kappa shape index (κ1) is 14.8. The quantitative estimate of drug-likeness (QED) is 0.284. The van der Waals surface area contributed by atoms with E-state index in [1.54, 1.807) is 18.2 Å². The van der Waals surface area contributed by atoms with Gasteiger partial charge in [-0.25, -0.2) is 0 Å². The molecule has 0 spiro atoms. The number of hydrogen-bond acceptors (Lipinski definition) is 4. The van der Waals surface area contributed by atoms with Crippen molar-refractivity contribution in [3.05, 3.63) is 45.5 Å². The number of nitro groups is 1. The number of halogens is 1. The van der Waals surface area contributed by atoms with Gasteiger partial charge in [-0.05, 0) is 0 Å². The van der Waals surface area contributed by atoms with Crippen LogP contribution in [0.5, 0.6) is 0 Å². The van der Waals surface area contributed by atoms with E-state index in [1.165, 1.54) is 0 Å². The topological polar surface area (TPSA) is 72.6 Å². The fourth-order valence-corrected chi connectivity index (χ4v) is 3.45. The number of aliphatic imine (C=N–C) groups is 1. The Bertz CT molecular complexity index is 807. The van der Waals surface area contributed by atoms with Crippen molar-refractivity contribution in [2.75, 3.05) is 5.88 Å². The molecule has 22 heavy (non-hydrogen) atoms. The van der Waals surface area contributed by atoms with E-state index < -0.39 is 0 Å². The summed E-state index contributed by atoms with van der Waals surface area (Å²) < 4.78 is 10.4. The minimum atomic E-state index is -0.371. The Hall–Kier alpha value is -2.08. The van der Waals surface area contributed by atoms with Crippen LogP contribution in [-0.2, 0) is 11.1 Å². The molecule has 0 N–H and O–H groups in total. The number of non-ortho nitro benzene ring substituents is 1. The number of benzene rings is 2. The maximum absolute atomic E-state index is 11.4. The van der Waals surface area contributed by atoms with Crippen molar-refractivity contribution in [1.82, 2.24) is 0 Å². The van der Waals surface area contributed by atoms with Crippen molar-refractivity contribution >= 4 is 47.0 Å². The molecule has 1 unspecified atom stereocenters. The SMILES string of the molecule is O=BC=Nc1ccc2c3c(cc([N+](=O)[O-])c2c1)CCC3CCl. The molecule has 1 aliphatic carbocycles. The van der Waals surface area contributed by atoms with Crippen LogP contribution in [0.25, 0.3) is 10.8 Å². The molecule has 0 fully saturated rings. The van der Waals surface area contributed by atoms with Crippen LogP contribution in [0.3, 0.4) is 0 Å². The van der Waals surface area contributed by atoms with Crippen LogP contribution in [-0.4, -0.2) is 24.1 Å². The third-order valence-corrected chi connectivity index (χ3v) is 4.44. The molecule has 0 aromatic heterocycles. The van der Waals surface area contributed by atoms with Gasteiger partial charge in [-0.2, -0.15) is 0 Å². The van der Waals surface area contributed by atoms with E-state index in [2.05, 4.69) is 4.99 Å². The van der Waals surface area contributed by atoms with Gasteiger partial charge >= 0.3 is 132 Å². The maximum atomic E-state index is 11.4. The molecular formula is C15H12BClN2O3. The van der Waals surface area contributed by atoms with E-state index in [9.17, 15) is 14.8 Å². The summed E-state index contributed by atoms with van der Waals surface area (Å²) in [6.45, 7) is 0. The molecular weight excluding hydrogens is 302 g/mol. The number of alkyl halides is 1. The van der Waals surface area contributed by atoms with Gasteiger partial charge in [0.25, 0.3) is 0 Å². The van der Waals surface area contributed by atoms with E-state index in [4.69, 9.17) is 11.6 Å². The van der Waals surface area contributed by atoms with Crippen LogP contribution in [0.1, 0.15) is 23.5 Å². The first-order chi connectivity index (χ1) is 10.7. The van der Waals surface area contributed by atoms with Crippen molar-refractivity contribution in [2.24, 2.45) is 4.99 Å². The summed E-state index contributed by atoms with van der Waals surface area (Å²) in [6, 6.07) is 6.90. The van der Waals surface area contributed by atoms with Crippen LogP contribution < -0.4 is 0 Å². The van der Waals surface area contributed by atoms with Gasteiger partial charge in [0.15, 0.2) is 0 Å². The molecule has 3 rings (SSSR count). The average Bonchev–Trinajstić information content (AvgIpc) is 2.94. The van der Waals surface area contributed by atoms with Gasteiger partial charge in [0, 0.05) is 0 Å². The van der Waals surface area contributed by atoms with Crippen LogP contribution in [0.4, 0.5) is 11.4 Å². The normalized spacial score (nSPS) is 16.9. The monoisotopic (exact) mass is 314 g/mol. The number of fused-ring (bicyclic) bond motifs is 3. The number of aryl methyl sites for hydroxylation is 1. The first-order valence-corrected chi connectivity index (χ1v) is 7.47. The molecule has 0 radical (unpaired) electrons. The Balaban J connectivity index is 2.30. The van der Waals surface area contributed by atoms with Crippen molar-refractivity contribution in [3.63, 3.8) is 0 Å². The zero-order valence-corrected chi connectivity index (χ0v) is 12.4. The summed E-state index contributed by atoms with van der Waals surface area (Å²) in [7, 11) is 0.574. The predicted octanol–water partition coefficient (Wildman–Crippen LogP) is 3.73. The van der Waals surface area contributed by atoms with Crippen LogP contribution >= 0.6 is 11.6 Å². The third kappa shape index (κ3) is 2.43. The average molecular weight is 315 g/mol. The second-order valence-electron chi connectivity index (χ2n) is 5.26. The van der Waals surface area contributed by atoms with Crippen molar-refractivity contribution in [1.29, 1.82) is 0 Å². The van der Waals surface area contributed by atoms with Gasteiger partial charge in [-0.1, -0.05) is 0 Å². The van der Waals surface area contributed by atoms with Gasteiger partial charge in [-0.15, -0.1) is 0 Å². The summed E-state index contributed by atoms with van der Waals surface area (Å²) in [4.78, 5) is 15.0. The minimum absolute atomic E-state index is 0.0760. The Morgan fingerprint density at radius 1 is 1.41 bits per heavy atom. The molecule has 0 amide bonds. The standard InChI is InChI=1S/C15H12BClN2O3/c17-7-10-2-1-9-5-14(19(21)22)13-6-11(18-8-16-20)3-4-12(13)15(9)10/h3-6,8,10H,1-2,7H2. The molecule has 0 saturated carbocycles. The molecule has 1 atom stereocenters.